The van der Waals surface area contributed by atoms with Gasteiger partial charge in [-0.2, -0.15) is 0 Å². The maximum atomic E-state index is 11.3. The summed E-state index contributed by atoms with van der Waals surface area (Å²) < 4.78 is 24.7. The average Bonchev–Trinajstić information content (AvgIpc) is 2.74. The van der Waals surface area contributed by atoms with Gasteiger partial charge < -0.3 is 10.3 Å². The van der Waals surface area contributed by atoms with E-state index in [1.807, 2.05) is 6.07 Å². The number of rotatable bonds is 4. The summed E-state index contributed by atoms with van der Waals surface area (Å²) in [6, 6.07) is 1.48. The third-order valence-corrected chi connectivity index (χ3v) is 4.26. The number of hydrogen-bond donors (Lipinski definition) is 1. The van der Waals surface area contributed by atoms with Crippen molar-refractivity contribution < 1.29 is 8.42 Å². The van der Waals surface area contributed by atoms with E-state index < -0.39 is 15.9 Å². The van der Waals surface area contributed by atoms with Crippen LogP contribution < -0.4 is 5.73 Å². The topological polar surface area (TPSA) is 90.9 Å². The molecule has 2 rings (SSSR count). The fourth-order valence-electron chi connectivity index (χ4n) is 2.37. The van der Waals surface area contributed by atoms with Crippen LogP contribution in [0, 0.1) is 0 Å². The summed E-state index contributed by atoms with van der Waals surface area (Å²) in [5.74, 6) is 0.758. The minimum atomic E-state index is -3.03. The maximum Gasteiger partial charge on any atom is 0.147 e. The summed E-state index contributed by atoms with van der Waals surface area (Å²) in [6.45, 7) is 6.21. The molecule has 0 aliphatic heterocycles. The zero-order valence-corrected chi connectivity index (χ0v) is 13.7. The molecule has 0 fully saturated rings. The molecular formula is C14H22N4O2S. The third kappa shape index (κ3) is 3.59. The molecule has 0 radical (unpaired) electrons. The quantitative estimate of drug-likeness (QED) is 0.926. The summed E-state index contributed by atoms with van der Waals surface area (Å²) in [4.78, 5) is 8.64. The summed E-state index contributed by atoms with van der Waals surface area (Å²) in [7, 11) is -3.03. The normalized spacial score (nSPS) is 14.5. The van der Waals surface area contributed by atoms with Gasteiger partial charge in [0.1, 0.15) is 21.2 Å². The Bertz CT molecular complexity index is 744. The fourth-order valence-corrected chi connectivity index (χ4v) is 3.06. The lowest BCUT2D eigenvalue weighted by Crippen LogP contribution is -2.28. The van der Waals surface area contributed by atoms with Crippen molar-refractivity contribution in [1.82, 2.24) is 14.5 Å². The van der Waals surface area contributed by atoms with Crippen molar-refractivity contribution in [2.75, 3.05) is 12.0 Å². The fraction of sp³-hybridized carbons (Fsp3) is 0.571. The van der Waals surface area contributed by atoms with Gasteiger partial charge in [0.05, 0.1) is 23.5 Å². The van der Waals surface area contributed by atoms with Gasteiger partial charge in [0.25, 0.3) is 0 Å². The predicted octanol–water partition coefficient (Wildman–Crippen LogP) is 1.62. The first-order chi connectivity index (χ1) is 9.59. The first-order valence-corrected chi connectivity index (χ1v) is 8.92. The van der Waals surface area contributed by atoms with Gasteiger partial charge in [0.15, 0.2) is 0 Å². The Morgan fingerprint density at radius 3 is 2.62 bits per heavy atom. The molecule has 21 heavy (non-hydrogen) atoms. The van der Waals surface area contributed by atoms with Crippen LogP contribution in [0.1, 0.15) is 39.1 Å². The number of imidazole rings is 1. The molecule has 0 spiro atoms. The summed E-state index contributed by atoms with van der Waals surface area (Å²) in [5, 5.41) is 0. The van der Waals surface area contributed by atoms with Crippen molar-refractivity contribution in [1.29, 1.82) is 0 Å². The minimum Gasteiger partial charge on any atom is -0.321 e. The van der Waals surface area contributed by atoms with Crippen LogP contribution in [0.3, 0.4) is 0 Å². The number of pyridine rings is 1. The van der Waals surface area contributed by atoms with Crippen molar-refractivity contribution in [2.45, 2.75) is 38.8 Å². The molecule has 0 aromatic carbocycles. The Morgan fingerprint density at radius 1 is 1.38 bits per heavy atom. The van der Waals surface area contributed by atoms with Gasteiger partial charge in [-0.15, -0.1) is 0 Å². The van der Waals surface area contributed by atoms with E-state index in [0.29, 0.717) is 12.2 Å². The number of nitrogens with two attached hydrogens (primary N) is 1. The predicted molar refractivity (Wildman–Crippen MR) is 83.8 cm³/mol. The molecule has 0 bridgehead atoms. The Kier molecular flexibility index (Phi) is 4.08. The van der Waals surface area contributed by atoms with Gasteiger partial charge in [0, 0.05) is 18.0 Å². The minimum absolute atomic E-state index is 0.0553. The number of hydrogen-bond acceptors (Lipinski definition) is 5. The molecule has 0 amide bonds. The second-order valence-corrected chi connectivity index (χ2v) is 8.63. The van der Waals surface area contributed by atoms with Gasteiger partial charge >= 0.3 is 0 Å². The first kappa shape index (κ1) is 15.9. The van der Waals surface area contributed by atoms with Crippen LogP contribution in [0.2, 0.25) is 0 Å². The molecular weight excluding hydrogens is 288 g/mol. The number of sulfone groups is 1. The van der Waals surface area contributed by atoms with E-state index in [-0.39, 0.29) is 11.3 Å². The standard InChI is InChI=1S/C14H22N4O2S/c1-14(2,3)18-12-5-7-16-9-11(12)17-13(18)10(15)6-8-21(4,19)20/h5,7,9-10H,6,8,15H2,1-4H3. The monoisotopic (exact) mass is 310 g/mol. The number of fused-ring (bicyclic) bond motifs is 1. The van der Waals surface area contributed by atoms with Gasteiger partial charge in [-0.25, -0.2) is 13.4 Å². The van der Waals surface area contributed by atoms with Crippen LogP contribution in [0.5, 0.6) is 0 Å². The third-order valence-electron chi connectivity index (χ3n) is 3.28. The molecule has 6 nitrogen and oxygen atoms in total. The average molecular weight is 310 g/mol. The number of aromatic nitrogens is 3. The van der Waals surface area contributed by atoms with Crippen LogP contribution in [0.25, 0.3) is 11.0 Å². The van der Waals surface area contributed by atoms with Crippen LogP contribution in [-0.4, -0.2) is 35.0 Å². The lowest BCUT2D eigenvalue weighted by molar-refractivity contribution is 0.382. The van der Waals surface area contributed by atoms with Gasteiger partial charge in [-0.1, -0.05) is 0 Å². The van der Waals surface area contributed by atoms with Crippen molar-refractivity contribution in [3.8, 4) is 0 Å². The largest absolute Gasteiger partial charge is 0.321 e. The summed E-state index contributed by atoms with van der Waals surface area (Å²) >= 11 is 0. The van der Waals surface area contributed by atoms with Crippen molar-refractivity contribution in [2.24, 2.45) is 5.73 Å². The van der Waals surface area contributed by atoms with Crippen LogP contribution in [0.15, 0.2) is 18.5 Å². The van der Waals surface area contributed by atoms with Gasteiger partial charge in [-0.3, -0.25) is 4.98 Å². The maximum absolute atomic E-state index is 11.3. The van der Waals surface area contributed by atoms with E-state index in [1.54, 1.807) is 12.4 Å². The molecule has 2 N–H and O–H groups in total. The molecule has 1 unspecified atom stereocenters. The second-order valence-electron chi connectivity index (χ2n) is 6.37. The van der Waals surface area contributed by atoms with Gasteiger partial charge in [-0.05, 0) is 33.3 Å². The molecule has 2 aromatic rings. The molecule has 0 aliphatic rings. The van der Waals surface area contributed by atoms with Gasteiger partial charge in [0.2, 0.25) is 0 Å². The SMILES string of the molecule is CC(C)(C)n1c(C(N)CCS(C)(=O)=O)nc2cnccc21. The smallest absolute Gasteiger partial charge is 0.147 e. The Balaban J connectivity index is 2.48. The van der Waals surface area contributed by atoms with E-state index in [0.717, 1.165) is 11.0 Å². The molecule has 0 aliphatic carbocycles. The van der Waals surface area contributed by atoms with Crippen molar-refractivity contribution >= 4 is 20.9 Å². The second kappa shape index (κ2) is 5.38. The van der Waals surface area contributed by atoms with E-state index in [1.165, 1.54) is 6.26 Å². The molecule has 1 atom stereocenters. The first-order valence-electron chi connectivity index (χ1n) is 6.86. The molecule has 0 saturated heterocycles. The van der Waals surface area contributed by atoms with E-state index in [2.05, 4.69) is 35.3 Å². The highest BCUT2D eigenvalue weighted by atomic mass is 32.2. The molecule has 7 heteroatoms. The molecule has 2 aromatic heterocycles. The molecule has 0 saturated carbocycles. The highest BCUT2D eigenvalue weighted by Crippen LogP contribution is 2.28. The molecule has 116 valence electrons. The van der Waals surface area contributed by atoms with Crippen LogP contribution in [-0.2, 0) is 15.4 Å². The highest BCUT2D eigenvalue weighted by Gasteiger charge is 2.25. The zero-order chi connectivity index (χ0) is 15.8. The summed E-state index contributed by atoms with van der Waals surface area (Å²) in [5.41, 5.74) is 7.73. The van der Waals surface area contributed by atoms with Crippen molar-refractivity contribution in [3.05, 3.63) is 24.3 Å². The van der Waals surface area contributed by atoms with Crippen molar-refractivity contribution in [3.63, 3.8) is 0 Å². The van der Waals surface area contributed by atoms with E-state index >= 15 is 0 Å². The van der Waals surface area contributed by atoms with Crippen LogP contribution in [0.4, 0.5) is 0 Å². The zero-order valence-electron chi connectivity index (χ0n) is 12.9. The molecule has 2 heterocycles. The van der Waals surface area contributed by atoms with E-state index in [4.69, 9.17) is 5.73 Å². The number of nitrogens with zero attached hydrogens (tertiary/aromatic N) is 3. The Labute approximate surface area is 125 Å². The lowest BCUT2D eigenvalue weighted by Gasteiger charge is -2.26. The Morgan fingerprint density at radius 2 is 2.05 bits per heavy atom. The Hall–Kier alpha value is -1.47. The van der Waals surface area contributed by atoms with E-state index in [9.17, 15) is 8.42 Å². The summed E-state index contributed by atoms with van der Waals surface area (Å²) in [6.07, 6.45) is 4.99. The highest BCUT2D eigenvalue weighted by molar-refractivity contribution is 7.90. The van der Waals surface area contributed by atoms with Crippen LogP contribution >= 0.6 is 0 Å². The lowest BCUT2D eigenvalue weighted by atomic mass is 10.1.